The first kappa shape index (κ1) is 21.2. The molecule has 1 N–H and O–H groups in total. The van der Waals surface area contributed by atoms with Gasteiger partial charge in [0.25, 0.3) is 10.1 Å². The van der Waals surface area contributed by atoms with Crippen LogP contribution in [0.3, 0.4) is 0 Å². The predicted molar refractivity (Wildman–Crippen MR) is 115 cm³/mol. The molecule has 162 valence electrons. The zero-order chi connectivity index (χ0) is 20.2. The highest BCUT2D eigenvalue weighted by atomic mass is 32.2. The van der Waals surface area contributed by atoms with Crippen LogP contribution in [0.1, 0.15) is 97.8 Å². The lowest BCUT2D eigenvalue weighted by Gasteiger charge is -2.61. The summed E-state index contributed by atoms with van der Waals surface area (Å²) < 4.78 is 31.2. The van der Waals surface area contributed by atoms with E-state index in [1.807, 2.05) is 0 Å². The SMILES string of the molecule is C[C@H](CCCS(=O)(=O)O)[C@H]1CC[C@H]2[C@@H]3CCC4CCCC[C@]4(C)[C@H]3CC[C@]12C. The van der Waals surface area contributed by atoms with Gasteiger partial charge in [0.2, 0.25) is 0 Å². The van der Waals surface area contributed by atoms with Gasteiger partial charge in [0, 0.05) is 0 Å². The molecule has 0 bridgehead atoms. The molecule has 0 aromatic heterocycles. The van der Waals surface area contributed by atoms with Crippen LogP contribution in [0.15, 0.2) is 0 Å². The van der Waals surface area contributed by atoms with E-state index in [4.69, 9.17) is 4.55 Å². The fraction of sp³-hybridized carbons (Fsp3) is 1.00. The van der Waals surface area contributed by atoms with E-state index >= 15 is 0 Å². The lowest BCUT2D eigenvalue weighted by Crippen LogP contribution is -2.53. The first-order valence-corrected chi connectivity index (χ1v) is 13.7. The summed E-state index contributed by atoms with van der Waals surface area (Å²) in [6, 6.07) is 0. The molecule has 0 aromatic carbocycles. The Bertz CT molecular complexity index is 673. The summed E-state index contributed by atoms with van der Waals surface area (Å²) in [7, 11) is -3.82. The zero-order valence-corrected chi connectivity index (χ0v) is 19.1. The van der Waals surface area contributed by atoms with Crippen LogP contribution in [-0.2, 0) is 10.1 Å². The minimum atomic E-state index is -3.82. The van der Waals surface area contributed by atoms with Gasteiger partial charge in [0.15, 0.2) is 0 Å². The van der Waals surface area contributed by atoms with Crippen molar-refractivity contribution in [3.05, 3.63) is 0 Å². The number of hydrogen-bond donors (Lipinski definition) is 1. The Morgan fingerprint density at radius 2 is 1.68 bits per heavy atom. The van der Waals surface area contributed by atoms with Crippen LogP contribution < -0.4 is 0 Å². The molecule has 4 saturated carbocycles. The van der Waals surface area contributed by atoms with Gasteiger partial charge < -0.3 is 0 Å². The van der Waals surface area contributed by atoms with E-state index in [2.05, 4.69) is 20.8 Å². The third-order valence-corrected chi connectivity index (χ3v) is 11.2. The summed E-state index contributed by atoms with van der Waals surface area (Å²) in [5.74, 6) is 5.00. The molecule has 8 atom stereocenters. The van der Waals surface area contributed by atoms with Crippen molar-refractivity contribution in [3.8, 4) is 0 Å². The number of rotatable bonds is 5. The summed E-state index contributed by atoms with van der Waals surface area (Å²) in [5.41, 5.74) is 1.07. The molecule has 0 amide bonds. The molecule has 0 saturated heterocycles. The molecule has 4 aliphatic rings. The third kappa shape index (κ3) is 3.59. The quantitative estimate of drug-likeness (QED) is 0.538. The normalized spacial score (nSPS) is 47.1. The van der Waals surface area contributed by atoms with Crippen LogP contribution in [0.5, 0.6) is 0 Å². The molecule has 4 heteroatoms. The van der Waals surface area contributed by atoms with E-state index in [-0.39, 0.29) is 5.75 Å². The summed E-state index contributed by atoms with van der Waals surface area (Å²) in [4.78, 5) is 0. The van der Waals surface area contributed by atoms with E-state index in [9.17, 15) is 8.42 Å². The number of fused-ring (bicyclic) bond motifs is 5. The molecule has 4 fully saturated rings. The first-order chi connectivity index (χ1) is 13.2. The van der Waals surface area contributed by atoms with Gasteiger partial charge >= 0.3 is 0 Å². The van der Waals surface area contributed by atoms with Crippen LogP contribution in [-0.4, -0.2) is 18.7 Å². The Morgan fingerprint density at radius 3 is 2.43 bits per heavy atom. The van der Waals surface area contributed by atoms with Crippen molar-refractivity contribution >= 4 is 10.1 Å². The van der Waals surface area contributed by atoms with Crippen molar-refractivity contribution in [3.63, 3.8) is 0 Å². The van der Waals surface area contributed by atoms with E-state index < -0.39 is 10.1 Å². The molecule has 0 aliphatic heterocycles. The minimum Gasteiger partial charge on any atom is -0.286 e. The Kier molecular flexibility index (Phi) is 5.71. The summed E-state index contributed by atoms with van der Waals surface area (Å²) >= 11 is 0. The lowest BCUT2D eigenvalue weighted by molar-refractivity contribution is -0.114. The van der Waals surface area contributed by atoms with Gasteiger partial charge in [-0.05, 0) is 111 Å². The molecular weight excluding hydrogens is 368 g/mol. The first-order valence-electron chi connectivity index (χ1n) is 12.1. The molecule has 0 spiro atoms. The lowest BCUT2D eigenvalue weighted by atomic mass is 9.44. The summed E-state index contributed by atoms with van der Waals surface area (Å²) in [6.07, 6.45) is 15.9. The van der Waals surface area contributed by atoms with Crippen molar-refractivity contribution in [1.82, 2.24) is 0 Å². The summed E-state index contributed by atoms with van der Waals surface area (Å²) in [5, 5.41) is 0. The van der Waals surface area contributed by atoms with Gasteiger partial charge in [0.05, 0.1) is 5.75 Å². The average molecular weight is 411 g/mol. The molecule has 4 rings (SSSR count). The van der Waals surface area contributed by atoms with E-state index in [0.717, 1.165) is 36.0 Å². The smallest absolute Gasteiger partial charge is 0.264 e. The van der Waals surface area contributed by atoms with Crippen LogP contribution in [0.25, 0.3) is 0 Å². The fourth-order valence-electron chi connectivity index (χ4n) is 9.06. The largest absolute Gasteiger partial charge is 0.286 e. The molecule has 0 aromatic rings. The van der Waals surface area contributed by atoms with Gasteiger partial charge in [0.1, 0.15) is 0 Å². The molecule has 1 unspecified atom stereocenters. The van der Waals surface area contributed by atoms with E-state index in [1.165, 1.54) is 64.2 Å². The van der Waals surface area contributed by atoms with Crippen molar-refractivity contribution in [2.75, 3.05) is 5.75 Å². The van der Waals surface area contributed by atoms with Gasteiger partial charge in [-0.2, -0.15) is 8.42 Å². The summed E-state index contributed by atoms with van der Waals surface area (Å²) in [6.45, 7) is 7.58. The Morgan fingerprint density at radius 1 is 0.929 bits per heavy atom. The maximum absolute atomic E-state index is 11.1. The van der Waals surface area contributed by atoms with Crippen molar-refractivity contribution < 1.29 is 13.0 Å². The van der Waals surface area contributed by atoms with Gasteiger partial charge in [-0.3, -0.25) is 4.55 Å². The average Bonchev–Trinajstić information content (AvgIpc) is 2.97. The van der Waals surface area contributed by atoms with E-state index in [1.54, 1.807) is 0 Å². The molecule has 3 nitrogen and oxygen atoms in total. The second kappa shape index (κ2) is 7.55. The van der Waals surface area contributed by atoms with Crippen LogP contribution in [0.4, 0.5) is 0 Å². The maximum Gasteiger partial charge on any atom is 0.264 e. The number of hydrogen-bond acceptors (Lipinski definition) is 2. The Labute approximate surface area is 173 Å². The van der Waals surface area contributed by atoms with Crippen LogP contribution in [0.2, 0.25) is 0 Å². The Hall–Kier alpha value is -0.0900. The zero-order valence-electron chi connectivity index (χ0n) is 18.3. The minimum absolute atomic E-state index is 0.0748. The molecule has 0 heterocycles. The highest BCUT2D eigenvalue weighted by Gasteiger charge is 2.59. The molecule has 0 radical (unpaired) electrons. The predicted octanol–water partition coefficient (Wildman–Crippen LogP) is 6.34. The standard InChI is InChI=1S/C24H42O3S/c1-17(7-6-16-28(25,26)27)20-11-12-21-19-10-9-18-8-4-5-14-23(18,2)22(19)13-15-24(20,21)3/h17-22H,4-16H2,1-3H3,(H,25,26,27)/t17-,18?,19+,20-,21+,22+,23+,24-/m1/s1. The highest BCUT2D eigenvalue weighted by Crippen LogP contribution is 2.68. The van der Waals surface area contributed by atoms with Crippen molar-refractivity contribution in [2.24, 2.45) is 46.3 Å². The molecular formula is C24H42O3S. The van der Waals surface area contributed by atoms with Gasteiger partial charge in [-0.25, -0.2) is 0 Å². The van der Waals surface area contributed by atoms with Crippen molar-refractivity contribution in [2.45, 2.75) is 97.8 Å². The second-order valence-electron chi connectivity index (χ2n) is 11.5. The monoisotopic (exact) mass is 410 g/mol. The third-order valence-electron chi connectivity index (χ3n) is 10.4. The van der Waals surface area contributed by atoms with Gasteiger partial charge in [-0.1, -0.05) is 33.6 Å². The van der Waals surface area contributed by atoms with Crippen LogP contribution in [0, 0.1) is 46.3 Å². The highest BCUT2D eigenvalue weighted by molar-refractivity contribution is 7.85. The second-order valence-corrected chi connectivity index (χ2v) is 13.1. The Balaban J connectivity index is 1.46. The van der Waals surface area contributed by atoms with E-state index in [0.29, 0.717) is 23.2 Å². The molecule has 28 heavy (non-hydrogen) atoms. The topological polar surface area (TPSA) is 54.4 Å². The fourth-order valence-corrected chi connectivity index (χ4v) is 9.59. The molecule has 4 aliphatic carbocycles. The van der Waals surface area contributed by atoms with Crippen LogP contribution >= 0.6 is 0 Å². The van der Waals surface area contributed by atoms with Crippen molar-refractivity contribution in [1.29, 1.82) is 0 Å². The van der Waals surface area contributed by atoms with Gasteiger partial charge in [-0.15, -0.1) is 0 Å². The maximum atomic E-state index is 11.1.